The third-order valence-electron chi connectivity index (χ3n) is 13.7. The number of hydrogen-bond donors (Lipinski definition) is 2. The van der Waals surface area contributed by atoms with Crippen LogP contribution in [0.2, 0.25) is 0 Å². The molecule has 4 atom stereocenters. The normalized spacial score (nSPS) is 21.1. The van der Waals surface area contributed by atoms with Crippen molar-refractivity contribution in [2.45, 2.75) is 269 Å². The topological polar surface area (TPSA) is 83.9 Å². The molecule has 0 spiro atoms. The zero-order valence-corrected chi connectivity index (χ0v) is 49.4. The van der Waals surface area contributed by atoms with Crippen LogP contribution in [0.25, 0.3) is 0 Å². The predicted octanol–water partition coefficient (Wildman–Crippen LogP) is 13.9. The Kier molecular flexibility index (Phi) is 48.3. The SMILES string of the molecule is CCCCCCCCCCCCCCCCOCOC1CCC(O)[SiH2]N(CCCSSSSCCCN2CCC(OCOCCCCCCCCCCCCCCCC)CCC(O)[SiH2]2)CC1. The van der Waals surface area contributed by atoms with E-state index in [1.807, 2.05) is 41.2 Å². The maximum Gasteiger partial charge on any atom is 0.147 e. The van der Waals surface area contributed by atoms with Gasteiger partial charge in [0.05, 0.1) is 23.7 Å². The van der Waals surface area contributed by atoms with Crippen molar-refractivity contribution < 1.29 is 29.2 Å². The minimum atomic E-state index is -0.622. The number of hydrogen-bond acceptors (Lipinski definition) is 12. The lowest BCUT2D eigenvalue weighted by molar-refractivity contribution is -0.0975. The molecule has 2 aliphatic rings. The van der Waals surface area contributed by atoms with Crippen molar-refractivity contribution in [3.05, 3.63) is 0 Å². The highest BCUT2D eigenvalue weighted by molar-refractivity contribution is 9.26. The fourth-order valence-corrected chi connectivity index (χ4v) is 19.1. The van der Waals surface area contributed by atoms with Gasteiger partial charge in [0.2, 0.25) is 0 Å². The maximum absolute atomic E-state index is 10.7. The van der Waals surface area contributed by atoms with Crippen LogP contribution in [0.1, 0.15) is 245 Å². The molecule has 0 aliphatic carbocycles. The van der Waals surface area contributed by atoms with E-state index in [1.165, 1.54) is 180 Å². The third-order valence-corrected chi connectivity index (χ3v) is 24.3. The summed E-state index contributed by atoms with van der Waals surface area (Å²) in [4.78, 5) is 0. The Morgan fingerprint density at radius 1 is 0.409 bits per heavy atom. The lowest BCUT2D eigenvalue weighted by atomic mass is 10.0. The lowest BCUT2D eigenvalue weighted by Crippen LogP contribution is -2.41. The average Bonchev–Trinajstić information content (AvgIpc) is 3.31. The molecule has 14 heteroatoms. The first-order valence-corrected chi connectivity index (χ1v) is 36.4. The smallest absolute Gasteiger partial charge is 0.147 e. The van der Waals surface area contributed by atoms with Gasteiger partial charge in [-0.1, -0.05) is 202 Å². The van der Waals surface area contributed by atoms with Crippen molar-refractivity contribution in [2.24, 2.45) is 0 Å². The molecule has 0 bridgehead atoms. The highest BCUT2D eigenvalue weighted by Gasteiger charge is 2.22. The van der Waals surface area contributed by atoms with Gasteiger partial charge in [-0.25, -0.2) is 0 Å². The van der Waals surface area contributed by atoms with E-state index in [-0.39, 0.29) is 23.7 Å². The summed E-state index contributed by atoms with van der Waals surface area (Å²) >= 11 is 0. The zero-order chi connectivity index (χ0) is 47.1. The Bertz CT molecular complexity index is 920. The van der Waals surface area contributed by atoms with Crippen molar-refractivity contribution in [1.82, 2.24) is 9.13 Å². The molecule has 2 saturated heterocycles. The van der Waals surface area contributed by atoms with Gasteiger partial charge in [-0.2, -0.15) is 0 Å². The highest BCUT2D eigenvalue weighted by atomic mass is 33.7. The van der Waals surface area contributed by atoms with E-state index in [0.29, 0.717) is 13.6 Å². The molecule has 4 unspecified atom stereocenters. The molecule has 0 saturated carbocycles. The van der Waals surface area contributed by atoms with E-state index in [1.54, 1.807) is 0 Å². The molecule has 2 heterocycles. The Labute approximate surface area is 429 Å². The quantitative estimate of drug-likeness (QED) is 0.0264. The molecule has 2 aliphatic heterocycles. The van der Waals surface area contributed by atoms with E-state index >= 15 is 0 Å². The first-order valence-electron chi connectivity index (χ1n) is 28.4. The molecular formula is C52H108N2O6S4Si2. The first kappa shape index (κ1) is 63.6. The van der Waals surface area contributed by atoms with Gasteiger partial charge in [0, 0.05) is 24.7 Å². The maximum atomic E-state index is 10.7. The van der Waals surface area contributed by atoms with Gasteiger partial charge in [-0.3, -0.25) is 0 Å². The van der Waals surface area contributed by atoms with Crippen molar-refractivity contribution in [3.8, 4) is 0 Å². The highest BCUT2D eigenvalue weighted by Crippen LogP contribution is 2.43. The van der Waals surface area contributed by atoms with Crippen LogP contribution in [0.3, 0.4) is 0 Å². The molecule has 0 radical (unpaired) electrons. The number of aliphatic hydroxyl groups is 2. The largest absolute Gasteiger partial charge is 0.396 e. The third kappa shape index (κ3) is 42.1. The van der Waals surface area contributed by atoms with E-state index in [2.05, 4.69) is 23.0 Å². The van der Waals surface area contributed by atoms with Gasteiger partial charge in [0.25, 0.3) is 0 Å². The summed E-state index contributed by atoms with van der Waals surface area (Å²) in [6.45, 7) is 11.3. The fourth-order valence-electron chi connectivity index (χ4n) is 9.40. The van der Waals surface area contributed by atoms with Gasteiger partial charge in [-0.15, -0.1) is 0 Å². The molecule has 394 valence electrons. The van der Waals surface area contributed by atoms with Crippen molar-refractivity contribution >= 4 is 60.6 Å². The van der Waals surface area contributed by atoms with Crippen molar-refractivity contribution in [1.29, 1.82) is 0 Å². The predicted molar refractivity (Wildman–Crippen MR) is 301 cm³/mol. The number of nitrogens with zero attached hydrogens (tertiary/aromatic N) is 2. The summed E-state index contributed by atoms with van der Waals surface area (Å²) in [6, 6.07) is 0. The van der Waals surface area contributed by atoms with Crippen molar-refractivity contribution in [3.63, 3.8) is 0 Å². The monoisotopic (exact) mass is 1040 g/mol. The van der Waals surface area contributed by atoms with Crippen LogP contribution in [0.4, 0.5) is 0 Å². The lowest BCUT2D eigenvalue weighted by Gasteiger charge is -2.30. The number of rotatable bonds is 47. The van der Waals surface area contributed by atoms with Crippen LogP contribution < -0.4 is 0 Å². The number of ether oxygens (including phenoxy) is 4. The van der Waals surface area contributed by atoms with E-state index in [4.69, 9.17) is 18.9 Å². The summed E-state index contributed by atoms with van der Waals surface area (Å²) in [5.41, 5.74) is -0.261. The van der Waals surface area contributed by atoms with Crippen LogP contribution in [-0.2, 0) is 18.9 Å². The molecule has 2 fully saturated rings. The summed E-state index contributed by atoms with van der Waals surface area (Å²) < 4.78 is 29.2. The zero-order valence-electron chi connectivity index (χ0n) is 43.3. The van der Waals surface area contributed by atoms with Gasteiger partial charge >= 0.3 is 0 Å². The van der Waals surface area contributed by atoms with Gasteiger partial charge in [0.15, 0.2) is 0 Å². The summed E-state index contributed by atoms with van der Waals surface area (Å²) in [6.07, 6.45) is 47.1. The average molecular weight is 1040 g/mol. The minimum Gasteiger partial charge on any atom is -0.396 e. The Hall–Kier alpha value is 1.51. The molecule has 2 rings (SSSR count). The Morgan fingerprint density at radius 2 is 0.727 bits per heavy atom. The molecule has 0 amide bonds. The molecule has 0 aromatic heterocycles. The molecule has 2 N–H and O–H groups in total. The van der Waals surface area contributed by atoms with Crippen molar-refractivity contribution in [2.75, 3.05) is 64.5 Å². The van der Waals surface area contributed by atoms with Crippen LogP contribution in [0.15, 0.2) is 0 Å². The molecule has 0 aromatic carbocycles. The Balaban J connectivity index is 1.36. The number of aliphatic hydroxyl groups excluding tert-OH is 2. The second-order valence-corrected chi connectivity index (χ2v) is 30.6. The van der Waals surface area contributed by atoms with Crippen LogP contribution in [0, 0.1) is 0 Å². The summed E-state index contributed by atoms with van der Waals surface area (Å²) in [5, 5.41) is 21.4. The van der Waals surface area contributed by atoms with E-state index in [0.717, 1.165) is 102 Å². The van der Waals surface area contributed by atoms with Crippen LogP contribution in [0.5, 0.6) is 0 Å². The number of unbranched alkanes of at least 4 members (excludes halogenated alkanes) is 26. The van der Waals surface area contributed by atoms with Gasteiger partial charge < -0.3 is 38.3 Å². The first-order chi connectivity index (χ1) is 32.6. The molecule has 8 nitrogen and oxygen atoms in total. The second-order valence-electron chi connectivity index (χ2n) is 19.9. The summed E-state index contributed by atoms with van der Waals surface area (Å²) in [5.74, 6) is 2.30. The molecule has 66 heavy (non-hydrogen) atoms. The van der Waals surface area contributed by atoms with Crippen LogP contribution >= 0.6 is 41.2 Å². The van der Waals surface area contributed by atoms with Gasteiger partial charge in [-0.05, 0) is 110 Å². The van der Waals surface area contributed by atoms with E-state index < -0.39 is 19.4 Å². The van der Waals surface area contributed by atoms with E-state index in [9.17, 15) is 10.2 Å². The standard InChI is InChI=1S/C52H108N2O6S4Si2/c1-3-5-7-9-11-13-15-17-19-21-23-25-27-29-43-57-47-59-49-33-35-51(55)65-53(41-37-49)39-31-45-61-63-64-62-46-32-40-54-42-38-50(34-36-52(56)66-54)60-48-58-44-30-28-26-24-22-20-18-16-14-12-10-8-6-4-2/h49-52,55-56H,3-48,65-66H2,1-2H3. The Morgan fingerprint density at radius 3 is 1.06 bits per heavy atom. The molecular weight excluding hydrogens is 933 g/mol. The fraction of sp³-hybridized carbons (Fsp3) is 1.00. The minimum absolute atomic E-state index is 0.130. The summed E-state index contributed by atoms with van der Waals surface area (Å²) in [7, 11) is 6.54. The van der Waals surface area contributed by atoms with Crippen LogP contribution in [-0.4, -0.2) is 127 Å². The molecule has 0 aromatic rings. The van der Waals surface area contributed by atoms with Gasteiger partial charge in [0.1, 0.15) is 32.9 Å². The second kappa shape index (κ2) is 50.1.